The van der Waals surface area contributed by atoms with E-state index >= 15 is 0 Å². The van der Waals surface area contributed by atoms with Crippen molar-refractivity contribution < 1.29 is 59.4 Å². The van der Waals surface area contributed by atoms with E-state index in [2.05, 4.69) is 0 Å². The van der Waals surface area contributed by atoms with Crippen molar-refractivity contribution in [3.8, 4) is 0 Å². The van der Waals surface area contributed by atoms with Crippen LogP contribution in [0.1, 0.15) is 27.7 Å². The van der Waals surface area contributed by atoms with E-state index in [0.29, 0.717) is 0 Å². The summed E-state index contributed by atoms with van der Waals surface area (Å²) in [6.45, 7) is 4.33. The van der Waals surface area contributed by atoms with Gasteiger partial charge in [0.25, 0.3) is 23.9 Å². The fourth-order valence-corrected chi connectivity index (χ4v) is 0. The van der Waals surface area contributed by atoms with E-state index in [1.807, 2.05) is 0 Å². The molecule has 0 aliphatic rings. The molecule has 0 radical (unpaired) electrons. The van der Waals surface area contributed by atoms with Crippen molar-refractivity contribution >= 4 is 23.9 Å². The molecule has 0 aromatic heterocycles. The summed E-state index contributed by atoms with van der Waals surface area (Å²) < 4.78 is 0. The standard InChI is InChI=1S/4C2H4O2.Os/c4*1-2(3)4;/h4*1H3,(H,3,4);. The zero-order valence-corrected chi connectivity index (χ0v) is 12.3. The molecule has 0 aromatic rings. The predicted molar refractivity (Wildman–Crippen MR) is 53.2 cm³/mol. The molecule has 17 heavy (non-hydrogen) atoms. The molecule has 0 fully saturated rings. The summed E-state index contributed by atoms with van der Waals surface area (Å²) in [5.41, 5.74) is 0. The van der Waals surface area contributed by atoms with Gasteiger partial charge in [0.05, 0.1) is 0 Å². The minimum atomic E-state index is -0.833. The Kier molecular flexibility index (Phi) is 41.7. The van der Waals surface area contributed by atoms with E-state index in [0.717, 1.165) is 27.7 Å². The first-order valence-electron chi connectivity index (χ1n) is 3.71. The molecule has 0 spiro atoms. The molecule has 0 saturated heterocycles. The largest absolute Gasteiger partial charge is 0.481 e. The zero-order valence-electron chi connectivity index (χ0n) is 9.78. The van der Waals surface area contributed by atoms with Gasteiger partial charge < -0.3 is 20.4 Å². The summed E-state index contributed by atoms with van der Waals surface area (Å²) in [4.78, 5) is 36.0. The second-order valence-electron chi connectivity index (χ2n) is 2.08. The minimum absolute atomic E-state index is 0. The number of hydrogen-bond donors (Lipinski definition) is 4. The van der Waals surface area contributed by atoms with Gasteiger partial charge in [-0.05, 0) is 0 Å². The van der Waals surface area contributed by atoms with Crippen LogP contribution in [0.25, 0.3) is 0 Å². The van der Waals surface area contributed by atoms with Crippen LogP contribution in [0.2, 0.25) is 0 Å². The van der Waals surface area contributed by atoms with Crippen LogP contribution in [0.5, 0.6) is 0 Å². The van der Waals surface area contributed by atoms with Gasteiger partial charge in [0.15, 0.2) is 0 Å². The average Bonchev–Trinajstić information content (AvgIpc) is 1.76. The van der Waals surface area contributed by atoms with Crippen LogP contribution < -0.4 is 0 Å². The third-order valence-electron chi connectivity index (χ3n) is 0. The molecule has 0 unspecified atom stereocenters. The molecule has 0 amide bonds. The molecule has 0 bridgehead atoms. The summed E-state index contributed by atoms with van der Waals surface area (Å²) in [5, 5.41) is 29.7. The van der Waals surface area contributed by atoms with Crippen LogP contribution in [0.4, 0.5) is 0 Å². The topological polar surface area (TPSA) is 149 Å². The van der Waals surface area contributed by atoms with Gasteiger partial charge in [-0.2, -0.15) is 0 Å². The Hall–Kier alpha value is -1.48. The number of carboxylic acids is 4. The molecule has 9 heteroatoms. The third kappa shape index (κ3) is 1030. The third-order valence-corrected chi connectivity index (χ3v) is 0. The summed E-state index contributed by atoms with van der Waals surface area (Å²) in [7, 11) is 0. The number of carboxylic acid groups (broad SMARTS) is 4. The van der Waals surface area contributed by atoms with Crippen molar-refractivity contribution in [2.24, 2.45) is 0 Å². The van der Waals surface area contributed by atoms with Crippen molar-refractivity contribution in [2.45, 2.75) is 27.7 Å². The van der Waals surface area contributed by atoms with Crippen LogP contribution >= 0.6 is 0 Å². The van der Waals surface area contributed by atoms with E-state index in [1.54, 1.807) is 0 Å². The van der Waals surface area contributed by atoms with Gasteiger partial charge in [0.1, 0.15) is 0 Å². The smallest absolute Gasteiger partial charge is 0.300 e. The van der Waals surface area contributed by atoms with Gasteiger partial charge in [-0.25, -0.2) is 0 Å². The summed E-state index contributed by atoms with van der Waals surface area (Å²) in [6.07, 6.45) is 0. The number of hydrogen-bond acceptors (Lipinski definition) is 4. The van der Waals surface area contributed by atoms with Gasteiger partial charge in [0, 0.05) is 47.5 Å². The van der Waals surface area contributed by atoms with Gasteiger partial charge in [0.2, 0.25) is 0 Å². The molecule has 0 aromatic carbocycles. The summed E-state index contributed by atoms with van der Waals surface area (Å²) in [6, 6.07) is 0. The Morgan fingerprint density at radius 2 is 0.529 bits per heavy atom. The first kappa shape index (κ1) is 29.6. The fraction of sp³-hybridized carbons (Fsp3) is 0.500. The second kappa shape index (κ2) is 24.0. The number of rotatable bonds is 0. The summed E-state index contributed by atoms with van der Waals surface area (Å²) >= 11 is 0. The van der Waals surface area contributed by atoms with Crippen LogP contribution in [-0.2, 0) is 39.0 Å². The van der Waals surface area contributed by atoms with Crippen LogP contribution in [0.15, 0.2) is 0 Å². The Morgan fingerprint density at radius 3 is 0.529 bits per heavy atom. The molecule has 104 valence electrons. The average molecular weight is 430 g/mol. The van der Waals surface area contributed by atoms with Crippen molar-refractivity contribution in [1.82, 2.24) is 0 Å². The van der Waals surface area contributed by atoms with Gasteiger partial charge in [-0.3, -0.25) is 19.2 Å². The molecule has 0 heterocycles. The quantitative estimate of drug-likeness (QED) is 0.430. The maximum absolute atomic E-state index is 9.00. The van der Waals surface area contributed by atoms with Gasteiger partial charge >= 0.3 is 0 Å². The predicted octanol–water partition coefficient (Wildman–Crippen LogP) is 0.361. The van der Waals surface area contributed by atoms with Crippen LogP contribution in [-0.4, -0.2) is 44.3 Å². The van der Waals surface area contributed by atoms with E-state index in [-0.39, 0.29) is 19.8 Å². The number of carbonyl (C=O) groups is 4. The fourth-order valence-electron chi connectivity index (χ4n) is 0. The van der Waals surface area contributed by atoms with E-state index < -0.39 is 23.9 Å². The Morgan fingerprint density at radius 1 is 0.529 bits per heavy atom. The van der Waals surface area contributed by atoms with E-state index in [9.17, 15) is 0 Å². The molecular weight excluding hydrogens is 414 g/mol. The van der Waals surface area contributed by atoms with Crippen molar-refractivity contribution in [2.75, 3.05) is 0 Å². The SMILES string of the molecule is CC(=O)O.CC(=O)O.CC(=O)O.CC(=O)O.[Os]. The van der Waals surface area contributed by atoms with E-state index in [1.165, 1.54) is 0 Å². The maximum Gasteiger partial charge on any atom is 0.300 e. The first-order valence-corrected chi connectivity index (χ1v) is 3.71. The second-order valence-corrected chi connectivity index (χ2v) is 2.08. The van der Waals surface area contributed by atoms with Gasteiger partial charge in [-0.15, -0.1) is 0 Å². The molecule has 8 nitrogen and oxygen atoms in total. The Labute approximate surface area is 111 Å². The van der Waals surface area contributed by atoms with Crippen molar-refractivity contribution in [1.29, 1.82) is 0 Å². The van der Waals surface area contributed by atoms with Gasteiger partial charge in [-0.1, -0.05) is 0 Å². The van der Waals surface area contributed by atoms with E-state index in [4.69, 9.17) is 39.6 Å². The molecule has 4 N–H and O–H groups in total. The number of aliphatic carboxylic acids is 4. The maximum atomic E-state index is 9.00. The minimum Gasteiger partial charge on any atom is -0.481 e. The van der Waals surface area contributed by atoms with Crippen LogP contribution in [0, 0.1) is 0 Å². The Bertz CT molecular complexity index is 162. The molecule has 0 aliphatic heterocycles. The normalized spacial score (nSPS) is 5.88. The zero-order chi connectivity index (χ0) is 14.3. The summed E-state index contributed by atoms with van der Waals surface area (Å²) in [5.74, 6) is -3.33. The van der Waals surface area contributed by atoms with Crippen molar-refractivity contribution in [3.05, 3.63) is 0 Å². The van der Waals surface area contributed by atoms with Crippen LogP contribution in [0.3, 0.4) is 0 Å². The first-order chi connectivity index (χ1) is 6.93. The monoisotopic (exact) mass is 432 g/mol. The van der Waals surface area contributed by atoms with Crippen molar-refractivity contribution in [3.63, 3.8) is 0 Å². The molecular formula is C8H16O8Os. The molecule has 0 aliphatic carbocycles. The molecule has 0 atom stereocenters. The molecule has 0 saturated carbocycles. The Balaban J connectivity index is -0.0000000369. The molecule has 0 rings (SSSR count).